The summed E-state index contributed by atoms with van der Waals surface area (Å²) in [6.45, 7) is 10.0. The molecule has 1 rings (SSSR count). The second-order valence-corrected chi connectivity index (χ2v) is 6.55. The maximum atomic E-state index is 5.97. The zero-order valence-electron chi connectivity index (χ0n) is 12.5. The van der Waals surface area contributed by atoms with Crippen LogP contribution in [0.1, 0.15) is 46.1 Å². The molecule has 0 aromatic carbocycles. The summed E-state index contributed by atoms with van der Waals surface area (Å²) in [5.41, 5.74) is 7.17. The van der Waals surface area contributed by atoms with E-state index in [0.717, 1.165) is 31.4 Å². The fourth-order valence-electron chi connectivity index (χ4n) is 2.15. The summed E-state index contributed by atoms with van der Waals surface area (Å²) < 4.78 is 0. The zero-order chi connectivity index (χ0) is 14.5. The van der Waals surface area contributed by atoms with E-state index in [2.05, 4.69) is 38.0 Å². The first-order valence-electron chi connectivity index (χ1n) is 6.98. The van der Waals surface area contributed by atoms with Crippen molar-refractivity contribution in [3.63, 3.8) is 0 Å². The van der Waals surface area contributed by atoms with Crippen molar-refractivity contribution in [2.75, 3.05) is 12.3 Å². The van der Waals surface area contributed by atoms with Gasteiger partial charge in [0.05, 0.1) is 5.02 Å². The molecule has 0 aliphatic heterocycles. The van der Waals surface area contributed by atoms with E-state index >= 15 is 0 Å². The van der Waals surface area contributed by atoms with Gasteiger partial charge < -0.3 is 11.1 Å². The van der Waals surface area contributed by atoms with Crippen LogP contribution < -0.4 is 11.1 Å². The number of hydrogen-bond donors (Lipinski definition) is 2. The number of pyridine rings is 1. The number of aromatic nitrogens is 1. The molecule has 0 saturated heterocycles. The maximum absolute atomic E-state index is 5.97. The number of hydrogen-bond acceptors (Lipinski definition) is 3. The average molecular weight is 284 g/mol. The minimum atomic E-state index is 0.232. The number of nitrogen functional groups attached to an aromatic ring is 1. The first kappa shape index (κ1) is 16.3. The van der Waals surface area contributed by atoms with E-state index in [1.165, 1.54) is 0 Å². The third kappa shape index (κ3) is 5.37. The standard InChI is InChI=1S/C15H26ClN3/c1-5-8-18-13(15(2,3)4)7-6-11-9-12(16)10-19-14(11)17/h9-10,13,18H,5-8H2,1-4H3,(H2,17,19). The Kier molecular flexibility index (Phi) is 6.08. The van der Waals surface area contributed by atoms with Crippen molar-refractivity contribution in [3.05, 3.63) is 22.8 Å². The highest BCUT2D eigenvalue weighted by Gasteiger charge is 2.23. The highest BCUT2D eigenvalue weighted by Crippen LogP contribution is 2.25. The second kappa shape index (κ2) is 7.11. The van der Waals surface area contributed by atoms with Gasteiger partial charge in [0.1, 0.15) is 5.82 Å². The van der Waals surface area contributed by atoms with Crippen LogP contribution >= 0.6 is 11.6 Å². The Labute approximate surface area is 121 Å². The average Bonchev–Trinajstić information content (AvgIpc) is 2.31. The minimum absolute atomic E-state index is 0.232. The van der Waals surface area contributed by atoms with Gasteiger partial charge in [-0.1, -0.05) is 39.3 Å². The summed E-state index contributed by atoms with van der Waals surface area (Å²) in [7, 11) is 0. The van der Waals surface area contributed by atoms with Gasteiger partial charge in [-0.25, -0.2) is 4.98 Å². The molecule has 0 spiro atoms. The van der Waals surface area contributed by atoms with E-state index in [9.17, 15) is 0 Å². The molecule has 0 saturated carbocycles. The van der Waals surface area contributed by atoms with Crippen LogP contribution in [0.3, 0.4) is 0 Å². The Bertz CT molecular complexity index is 399. The molecule has 19 heavy (non-hydrogen) atoms. The Morgan fingerprint density at radius 1 is 1.42 bits per heavy atom. The monoisotopic (exact) mass is 283 g/mol. The molecule has 1 aromatic rings. The van der Waals surface area contributed by atoms with Gasteiger partial charge in [0, 0.05) is 12.2 Å². The van der Waals surface area contributed by atoms with E-state index in [-0.39, 0.29) is 5.41 Å². The summed E-state index contributed by atoms with van der Waals surface area (Å²) >= 11 is 5.97. The van der Waals surface area contributed by atoms with Gasteiger partial charge in [0.25, 0.3) is 0 Å². The van der Waals surface area contributed by atoms with Crippen molar-refractivity contribution in [2.24, 2.45) is 5.41 Å². The molecule has 1 aromatic heterocycles. The van der Waals surface area contributed by atoms with Gasteiger partial charge in [-0.05, 0) is 42.9 Å². The Morgan fingerprint density at radius 3 is 2.68 bits per heavy atom. The minimum Gasteiger partial charge on any atom is -0.383 e. The predicted octanol–water partition coefficient (Wildman–Crippen LogP) is 3.66. The van der Waals surface area contributed by atoms with Crippen molar-refractivity contribution in [1.82, 2.24) is 10.3 Å². The molecule has 108 valence electrons. The van der Waals surface area contributed by atoms with Crippen LogP contribution in [-0.4, -0.2) is 17.6 Å². The van der Waals surface area contributed by atoms with Crippen molar-refractivity contribution < 1.29 is 0 Å². The number of anilines is 1. The molecular weight excluding hydrogens is 258 g/mol. The van der Waals surface area contributed by atoms with Gasteiger partial charge in [-0.3, -0.25) is 0 Å². The SMILES string of the molecule is CCCNC(CCc1cc(Cl)cnc1N)C(C)(C)C. The van der Waals surface area contributed by atoms with Crippen LogP contribution in [0.2, 0.25) is 5.02 Å². The third-order valence-electron chi connectivity index (χ3n) is 3.36. The molecule has 3 N–H and O–H groups in total. The van der Waals surface area contributed by atoms with Crippen molar-refractivity contribution in [3.8, 4) is 0 Å². The lowest BCUT2D eigenvalue weighted by atomic mass is 9.83. The normalized spacial score (nSPS) is 13.5. The number of halogens is 1. The number of nitrogens with zero attached hydrogens (tertiary/aromatic N) is 1. The van der Waals surface area contributed by atoms with Crippen molar-refractivity contribution >= 4 is 17.4 Å². The highest BCUT2D eigenvalue weighted by molar-refractivity contribution is 6.30. The summed E-state index contributed by atoms with van der Waals surface area (Å²) in [5.74, 6) is 0.590. The first-order valence-corrected chi connectivity index (χ1v) is 7.35. The van der Waals surface area contributed by atoms with Crippen LogP contribution in [0.5, 0.6) is 0 Å². The van der Waals surface area contributed by atoms with Gasteiger partial charge >= 0.3 is 0 Å². The fraction of sp³-hybridized carbons (Fsp3) is 0.667. The maximum Gasteiger partial charge on any atom is 0.126 e. The highest BCUT2D eigenvalue weighted by atomic mass is 35.5. The Balaban J connectivity index is 2.67. The largest absolute Gasteiger partial charge is 0.383 e. The van der Waals surface area contributed by atoms with Gasteiger partial charge in [-0.2, -0.15) is 0 Å². The molecule has 0 aliphatic carbocycles. The van der Waals surface area contributed by atoms with Crippen LogP contribution in [0.4, 0.5) is 5.82 Å². The molecule has 0 bridgehead atoms. The zero-order valence-corrected chi connectivity index (χ0v) is 13.2. The lowest BCUT2D eigenvalue weighted by Gasteiger charge is -2.32. The molecular formula is C15H26ClN3. The van der Waals surface area contributed by atoms with Crippen molar-refractivity contribution in [2.45, 2.75) is 53.0 Å². The molecule has 3 nitrogen and oxygen atoms in total. The molecule has 0 radical (unpaired) electrons. The van der Waals surface area contributed by atoms with Gasteiger partial charge in [-0.15, -0.1) is 0 Å². The number of rotatable bonds is 6. The lowest BCUT2D eigenvalue weighted by Crippen LogP contribution is -2.41. The first-order chi connectivity index (χ1) is 8.84. The van der Waals surface area contributed by atoms with E-state index in [1.54, 1.807) is 6.20 Å². The van der Waals surface area contributed by atoms with Crippen LogP contribution in [-0.2, 0) is 6.42 Å². The predicted molar refractivity (Wildman–Crippen MR) is 83.5 cm³/mol. The number of aryl methyl sites for hydroxylation is 1. The Hall–Kier alpha value is -0.800. The quantitative estimate of drug-likeness (QED) is 0.838. The van der Waals surface area contributed by atoms with Gasteiger partial charge in [0.15, 0.2) is 0 Å². The smallest absolute Gasteiger partial charge is 0.126 e. The summed E-state index contributed by atoms with van der Waals surface area (Å²) in [6.07, 6.45) is 4.68. The van der Waals surface area contributed by atoms with Crippen LogP contribution in [0, 0.1) is 5.41 Å². The van der Waals surface area contributed by atoms with E-state index in [4.69, 9.17) is 17.3 Å². The number of nitrogens with two attached hydrogens (primary N) is 1. The number of nitrogens with one attached hydrogen (secondary N) is 1. The summed E-state index contributed by atoms with van der Waals surface area (Å²) in [4.78, 5) is 4.11. The topological polar surface area (TPSA) is 50.9 Å². The molecule has 0 amide bonds. The fourth-order valence-corrected chi connectivity index (χ4v) is 2.33. The van der Waals surface area contributed by atoms with E-state index < -0.39 is 0 Å². The second-order valence-electron chi connectivity index (χ2n) is 6.11. The molecule has 0 aliphatic rings. The van der Waals surface area contributed by atoms with E-state index in [0.29, 0.717) is 16.9 Å². The van der Waals surface area contributed by atoms with Gasteiger partial charge in [0.2, 0.25) is 0 Å². The van der Waals surface area contributed by atoms with E-state index in [1.807, 2.05) is 6.07 Å². The molecule has 4 heteroatoms. The summed E-state index contributed by atoms with van der Waals surface area (Å²) in [6, 6.07) is 2.38. The molecule has 1 unspecified atom stereocenters. The molecule has 1 atom stereocenters. The Morgan fingerprint density at radius 2 is 2.11 bits per heavy atom. The summed E-state index contributed by atoms with van der Waals surface area (Å²) in [5, 5.41) is 4.27. The van der Waals surface area contributed by atoms with Crippen molar-refractivity contribution in [1.29, 1.82) is 0 Å². The third-order valence-corrected chi connectivity index (χ3v) is 3.56. The molecule has 0 fully saturated rings. The van der Waals surface area contributed by atoms with Crippen LogP contribution in [0.25, 0.3) is 0 Å². The molecule has 1 heterocycles. The lowest BCUT2D eigenvalue weighted by molar-refractivity contribution is 0.255. The van der Waals surface area contributed by atoms with Crippen LogP contribution in [0.15, 0.2) is 12.3 Å².